The molecule has 41 heavy (non-hydrogen) atoms. The van der Waals surface area contributed by atoms with Crippen LogP contribution in [0.4, 0.5) is 0 Å². The maximum atomic E-state index is 12.9. The number of nitrogens with one attached hydrogen (secondary N) is 1. The van der Waals surface area contributed by atoms with E-state index in [9.17, 15) is 19.5 Å². The molecule has 1 amide bonds. The number of carboxylic acid groups (broad SMARTS) is 2. The Balaban J connectivity index is 1.42. The lowest BCUT2D eigenvalue weighted by Gasteiger charge is -2.23. The summed E-state index contributed by atoms with van der Waals surface area (Å²) in [6, 6.07) is 14.7. The van der Waals surface area contributed by atoms with Crippen molar-refractivity contribution in [3.05, 3.63) is 63.6 Å². The van der Waals surface area contributed by atoms with E-state index in [1.165, 1.54) is 21.2 Å². The highest BCUT2D eigenvalue weighted by Gasteiger charge is 2.36. The molecule has 3 N–H and O–H groups in total. The number of carbonyl (C=O) groups is 3. The highest BCUT2D eigenvalue weighted by molar-refractivity contribution is 7.11. The zero-order chi connectivity index (χ0) is 29.6. The van der Waals surface area contributed by atoms with Crippen LogP contribution >= 0.6 is 11.3 Å². The lowest BCUT2D eigenvalue weighted by atomic mass is 10.0. The first-order valence-electron chi connectivity index (χ1n) is 14.1. The molecule has 9 nitrogen and oxygen atoms in total. The summed E-state index contributed by atoms with van der Waals surface area (Å²) in [5.74, 6) is -3.39. The molecule has 222 valence electrons. The molecule has 0 aliphatic heterocycles. The summed E-state index contributed by atoms with van der Waals surface area (Å²) in [5.41, 5.74) is 2.31. The number of thiazole rings is 1. The van der Waals surface area contributed by atoms with Gasteiger partial charge in [0.25, 0.3) is 5.91 Å². The zero-order valence-electron chi connectivity index (χ0n) is 23.8. The van der Waals surface area contributed by atoms with Crippen molar-refractivity contribution in [1.29, 1.82) is 0 Å². The first kappa shape index (κ1) is 32.2. The predicted molar refractivity (Wildman–Crippen MR) is 158 cm³/mol. The molecule has 0 spiro atoms. The monoisotopic (exact) mass is 584 g/mol. The number of aromatic nitrogens is 1. The van der Waals surface area contributed by atoms with Crippen molar-refractivity contribution in [3.8, 4) is 0 Å². The third-order valence-corrected chi connectivity index (χ3v) is 7.96. The van der Waals surface area contributed by atoms with Gasteiger partial charge in [0.05, 0.1) is 10.7 Å². The molecule has 0 aliphatic carbocycles. The smallest absolute Gasteiger partial charge is 0.336 e. The first-order chi connectivity index (χ1) is 19.7. The van der Waals surface area contributed by atoms with Crippen molar-refractivity contribution in [2.75, 3.05) is 19.8 Å². The molecule has 2 atom stereocenters. The van der Waals surface area contributed by atoms with Crippen LogP contribution in [0.1, 0.15) is 59.7 Å². The summed E-state index contributed by atoms with van der Waals surface area (Å²) >= 11 is 1.69. The van der Waals surface area contributed by atoms with Crippen molar-refractivity contribution >= 4 is 40.0 Å². The lowest BCUT2D eigenvalue weighted by Crippen LogP contribution is -2.49. The van der Waals surface area contributed by atoms with Crippen LogP contribution in [-0.4, -0.2) is 65.0 Å². The maximum absolute atomic E-state index is 12.9. The van der Waals surface area contributed by atoms with E-state index in [-0.39, 0.29) is 6.61 Å². The van der Waals surface area contributed by atoms with Crippen molar-refractivity contribution in [3.63, 3.8) is 0 Å². The van der Waals surface area contributed by atoms with Crippen molar-refractivity contribution < 1.29 is 34.1 Å². The topological polar surface area (TPSA) is 135 Å². The van der Waals surface area contributed by atoms with Gasteiger partial charge < -0.3 is 25.0 Å². The van der Waals surface area contributed by atoms with Gasteiger partial charge in [-0.25, -0.2) is 14.6 Å². The molecule has 0 saturated carbocycles. The second kappa shape index (κ2) is 16.8. The first-order valence-corrected chi connectivity index (χ1v) is 14.9. The second-order valence-corrected chi connectivity index (χ2v) is 11.4. The number of benzene rings is 2. The molecule has 3 aromatic rings. The fraction of sp³-hybridized carbons (Fsp3) is 0.484. The van der Waals surface area contributed by atoms with E-state index in [4.69, 9.17) is 14.6 Å². The summed E-state index contributed by atoms with van der Waals surface area (Å²) in [4.78, 5) is 41.5. The van der Waals surface area contributed by atoms with E-state index < -0.39 is 36.7 Å². The van der Waals surface area contributed by atoms with Gasteiger partial charge in [-0.3, -0.25) is 4.79 Å². The number of carboxylic acids is 2. The quantitative estimate of drug-likeness (QED) is 0.166. The molecule has 2 aromatic carbocycles. The van der Waals surface area contributed by atoms with Gasteiger partial charge >= 0.3 is 11.9 Å². The zero-order valence-corrected chi connectivity index (χ0v) is 24.6. The minimum Gasteiger partial charge on any atom is -0.480 e. The summed E-state index contributed by atoms with van der Waals surface area (Å²) in [6.07, 6.45) is 3.49. The Morgan fingerprint density at radius 3 is 2.32 bits per heavy atom. The van der Waals surface area contributed by atoms with Crippen molar-refractivity contribution in [2.24, 2.45) is 0 Å². The molecule has 0 radical (unpaired) electrons. The minimum absolute atomic E-state index is 0.153. The van der Waals surface area contributed by atoms with Gasteiger partial charge in [0.15, 0.2) is 12.2 Å². The average Bonchev–Trinajstić information content (AvgIpc) is 3.27. The Kier molecular flexibility index (Phi) is 13.2. The number of hydrogen-bond acceptors (Lipinski definition) is 7. The SMILES string of the molecule is Cc1nc(CCCCCOC(C(=O)NCCCCCc2ccc3ccccc3c2)C(OCC(=O)O)C(=O)O)sc1C. The number of unbranched alkanes of at least 4 members (excludes halogenated alkanes) is 4. The predicted octanol–water partition coefficient (Wildman–Crippen LogP) is 5.09. The maximum Gasteiger partial charge on any atom is 0.336 e. The van der Waals surface area contributed by atoms with Crippen LogP contribution in [0.15, 0.2) is 42.5 Å². The Hall–Kier alpha value is -3.34. The van der Waals surface area contributed by atoms with E-state index in [0.717, 1.165) is 55.6 Å². The number of aryl methyl sites for hydroxylation is 4. The largest absolute Gasteiger partial charge is 0.480 e. The molecular weight excluding hydrogens is 544 g/mol. The van der Waals surface area contributed by atoms with Gasteiger partial charge in [0, 0.05) is 18.0 Å². The van der Waals surface area contributed by atoms with Crippen LogP contribution in [0.5, 0.6) is 0 Å². The van der Waals surface area contributed by atoms with Gasteiger partial charge in [0.1, 0.15) is 6.61 Å². The van der Waals surface area contributed by atoms with Crippen LogP contribution in [-0.2, 0) is 36.7 Å². The number of amides is 1. The number of fused-ring (bicyclic) bond motifs is 1. The Bertz CT molecular complexity index is 1270. The van der Waals surface area contributed by atoms with Gasteiger partial charge in [-0.1, -0.05) is 55.3 Å². The molecule has 0 fully saturated rings. The highest BCUT2D eigenvalue weighted by Crippen LogP contribution is 2.19. The second-order valence-electron chi connectivity index (χ2n) is 10.1. The average molecular weight is 585 g/mol. The summed E-state index contributed by atoms with van der Waals surface area (Å²) in [7, 11) is 0. The van der Waals surface area contributed by atoms with E-state index in [2.05, 4.69) is 40.6 Å². The third-order valence-electron chi connectivity index (χ3n) is 6.82. The van der Waals surface area contributed by atoms with Gasteiger partial charge in [-0.05, 0) is 68.7 Å². The normalized spacial score (nSPS) is 12.7. The van der Waals surface area contributed by atoms with Crippen molar-refractivity contribution in [2.45, 2.75) is 77.4 Å². The number of ether oxygens (including phenoxy) is 2. The molecule has 1 heterocycles. The van der Waals surface area contributed by atoms with E-state index in [0.29, 0.717) is 13.0 Å². The number of aliphatic carboxylic acids is 2. The fourth-order valence-electron chi connectivity index (χ4n) is 4.50. The van der Waals surface area contributed by atoms with Gasteiger partial charge in [-0.15, -0.1) is 11.3 Å². The van der Waals surface area contributed by atoms with Gasteiger partial charge in [0.2, 0.25) is 0 Å². The van der Waals surface area contributed by atoms with Crippen LogP contribution in [0.2, 0.25) is 0 Å². The molecule has 1 aromatic heterocycles. The highest BCUT2D eigenvalue weighted by atomic mass is 32.1. The van der Waals surface area contributed by atoms with E-state index >= 15 is 0 Å². The molecule has 0 saturated heterocycles. The van der Waals surface area contributed by atoms with Crippen LogP contribution in [0, 0.1) is 13.8 Å². The lowest BCUT2D eigenvalue weighted by molar-refractivity contribution is -0.172. The molecule has 2 unspecified atom stereocenters. The molecule has 10 heteroatoms. The number of nitrogens with zero attached hydrogens (tertiary/aromatic N) is 1. The third kappa shape index (κ3) is 10.9. The Morgan fingerprint density at radius 1 is 0.878 bits per heavy atom. The molecular formula is C31H40N2O7S. The van der Waals surface area contributed by atoms with Crippen LogP contribution in [0.3, 0.4) is 0 Å². The van der Waals surface area contributed by atoms with E-state index in [1.807, 2.05) is 26.0 Å². The molecule has 3 rings (SSSR count). The Morgan fingerprint density at radius 2 is 1.61 bits per heavy atom. The minimum atomic E-state index is -1.72. The fourth-order valence-corrected chi connectivity index (χ4v) is 5.47. The van der Waals surface area contributed by atoms with Gasteiger partial charge in [-0.2, -0.15) is 0 Å². The summed E-state index contributed by atoms with van der Waals surface area (Å²) in [5, 5.41) is 24.8. The van der Waals surface area contributed by atoms with Crippen LogP contribution < -0.4 is 5.32 Å². The Labute approximate surface area is 244 Å². The molecule has 0 aliphatic rings. The number of carbonyl (C=O) groups excluding carboxylic acids is 1. The van der Waals surface area contributed by atoms with Crippen molar-refractivity contribution in [1.82, 2.24) is 10.3 Å². The number of hydrogen-bond donors (Lipinski definition) is 3. The summed E-state index contributed by atoms with van der Waals surface area (Å²) < 4.78 is 10.7. The number of rotatable bonds is 19. The standard InChI is InChI=1S/C31H40N2O7S/c1-21-22(2)41-26(33-21)14-6-4-10-18-39-28(29(31(37)38)40-20-27(34)35)30(36)32-17-9-3-5-11-23-15-16-24-12-7-8-13-25(24)19-23/h7-8,12-13,15-16,19,28-29H,3-6,9-11,14,17-18,20H2,1-2H3,(H,32,36)(H,34,35)(H,37,38). The molecule has 0 bridgehead atoms. The van der Waals surface area contributed by atoms with E-state index in [1.54, 1.807) is 11.3 Å². The summed E-state index contributed by atoms with van der Waals surface area (Å²) in [6.45, 7) is 3.71. The van der Waals surface area contributed by atoms with Crippen LogP contribution in [0.25, 0.3) is 10.8 Å².